The van der Waals surface area contributed by atoms with E-state index in [1.807, 2.05) is 35.2 Å². The van der Waals surface area contributed by atoms with Crippen molar-refractivity contribution in [3.05, 3.63) is 30.3 Å². The van der Waals surface area contributed by atoms with Crippen LogP contribution in [0.15, 0.2) is 30.3 Å². The molecule has 1 amide bonds. The number of rotatable bonds is 6. The van der Waals surface area contributed by atoms with Gasteiger partial charge in [0.1, 0.15) is 19.0 Å². The van der Waals surface area contributed by atoms with Crippen molar-refractivity contribution in [1.82, 2.24) is 10.2 Å². The topological polar surface area (TPSA) is 50.8 Å². The zero-order chi connectivity index (χ0) is 14.2. The zero-order valence-corrected chi connectivity index (χ0v) is 11.9. The number of hydrogen-bond acceptors (Lipinski definition) is 4. The third-order valence-electron chi connectivity index (χ3n) is 3.19. The Morgan fingerprint density at radius 1 is 1.35 bits per heavy atom. The number of carbonyl (C=O) groups is 1. The van der Waals surface area contributed by atoms with E-state index in [1.165, 1.54) is 0 Å². The highest BCUT2D eigenvalue weighted by Crippen LogP contribution is 2.07. The second kappa shape index (κ2) is 7.87. The van der Waals surface area contributed by atoms with Gasteiger partial charge in [-0.3, -0.25) is 4.79 Å². The maximum Gasteiger partial charge on any atom is 0.248 e. The van der Waals surface area contributed by atoms with Crippen LogP contribution < -0.4 is 10.1 Å². The summed E-state index contributed by atoms with van der Waals surface area (Å²) in [5.74, 6) is 0.872. The van der Waals surface area contributed by atoms with Crippen LogP contribution in [0.4, 0.5) is 0 Å². The van der Waals surface area contributed by atoms with Gasteiger partial charge in [0.25, 0.3) is 0 Å². The number of nitrogens with zero attached hydrogens (tertiary/aromatic N) is 1. The molecule has 0 spiro atoms. The Bertz CT molecular complexity index is 411. The molecule has 1 heterocycles. The van der Waals surface area contributed by atoms with Gasteiger partial charge < -0.3 is 19.7 Å². The lowest BCUT2D eigenvalue weighted by molar-refractivity contribution is -0.137. The number of ether oxygens (including phenoxy) is 2. The van der Waals surface area contributed by atoms with Crippen LogP contribution in [0.25, 0.3) is 0 Å². The highest BCUT2D eigenvalue weighted by molar-refractivity contribution is 5.77. The lowest BCUT2D eigenvalue weighted by Gasteiger charge is -2.31. The van der Waals surface area contributed by atoms with Crippen molar-refractivity contribution in [1.29, 1.82) is 0 Å². The van der Waals surface area contributed by atoms with Gasteiger partial charge in [-0.25, -0.2) is 0 Å². The molecule has 1 fully saturated rings. The van der Waals surface area contributed by atoms with Gasteiger partial charge in [-0.05, 0) is 19.1 Å². The largest absolute Gasteiger partial charge is 0.491 e. The summed E-state index contributed by atoms with van der Waals surface area (Å²) in [7, 11) is 0. The molecular formula is C15H22N2O3. The van der Waals surface area contributed by atoms with Crippen molar-refractivity contribution in [3.63, 3.8) is 0 Å². The van der Waals surface area contributed by atoms with Crippen molar-refractivity contribution in [2.24, 2.45) is 0 Å². The summed E-state index contributed by atoms with van der Waals surface area (Å²) in [5, 5.41) is 3.31. The molecule has 1 N–H and O–H groups in total. The van der Waals surface area contributed by atoms with Gasteiger partial charge in [0.2, 0.25) is 5.91 Å². The molecule has 1 aromatic rings. The molecule has 2 rings (SSSR count). The third-order valence-corrected chi connectivity index (χ3v) is 3.19. The lowest BCUT2D eigenvalue weighted by atomic mass is 10.2. The molecule has 20 heavy (non-hydrogen) atoms. The van der Waals surface area contributed by atoms with Crippen molar-refractivity contribution in [2.45, 2.75) is 13.0 Å². The molecule has 110 valence electrons. The number of piperazine rings is 1. The molecule has 0 radical (unpaired) electrons. The van der Waals surface area contributed by atoms with Gasteiger partial charge in [0, 0.05) is 25.7 Å². The first-order valence-electron chi connectivity index (χ1n) is 7.02. The van der Waals surface area contributed by atoms with E-state index < -0.39 is 0 Å². The number of para-hydroxylation sites is 1. The van der Waals surface area contributed by atoms with E-state index in [1.54, 1.807) is 0 Å². The fraction of sp³-hybridized carbons (Fsp3) is 0.533. The van der Waals surface area contributed by atoms with E-state index in [0.717, 1.165) is 25.4 Å². The van der Waals surface area contributed by atoms with Crippen LogP contribution in [0, 0.1) is 0 Å². The minimum absolute atomic E-state index is 0.0538. The maximum absolute atomic E-state index is 11.9. The molecule has 5 nitrogen and oxygen atoms in total. The van der Waals surface area contributed by atoms with Crippen LogP contribution in [0.5, 0.6) is 5.75 Å². The van der Waals surface area contributed by atoms with Crippen molar-refractivity contribution in [2.75, 3.05) is 39.5 Å². The molecule has 1 saturated heterocycles. The van der Waals surface area contributed by atoms with Gasteiger partial charge in [-0.15, -0.1) is 0 Å². The highest BCUT2D eigenvalue weighted by atomic mass is 16.5. The summed E-state index contributed by atoms with van der Waals surface area (Å²) < 4.78 is 10.9. The average molecular weight is 278 g/mol. The van der Waals surface area contributed by atoms with E-state index in [2.05, 4.69) is 12.2 Å². The van der Waals surface area contributed by atoms with Crippen molar-refractivity contribution in [3.8, 4) is 5.75 Å². The lowest BCUT2D eigenvalue weighted by Crippen LogP contribution is -2.52. The second-order valence-corrected chi connectivity index (χ2v) is 4.91. The highest BCUT2D eigenvalue weighted by Gasteiger charge is 2.19. The number of carbonyl (C=O) groups excluding carboxylic acids is 1. The van der Waals surface area contributed by atoms with Crippen LogP contribution in [-0.4, -0.2) is 56.3 Å². The molecular weight excluding hydrogens is 256 g/mol. The quantitative estimate of drug-likeness (QED) is 0.786. The number of amides is 1. The molecule has 0 aromatic heterocycles. The Labute approximate surface area is 119 Å². The SMILES string of the molecule is CC1CN(C(=O)COCCOc2ccccc2)CCN1. The van der Waals surface area contributed by atoms with Crippen LogP contribution in [0.3, 0.4) is 0 Å². The summed E-state index contributed by atoms with van der Waals surface area (Å²) in [5.41, 5.74) is 0. The Morgan fingerprint density at radius 2 is 2.15 bits per heavy atom. The molecule has 0 aliphatic carbocycles. The fourth-order valence-electron chi connectivity index (χ4n) is 2.14. The zero-order valence-electron chi connectivity index (χ0n) is 11.9. The average Bonchev–Trinajstić information content (AvgIpc) is 2.48. The Kier molecular flexibility index (Phi) is 5.83. The smallest absolute Gasteiger partial charge is 0.248 e. The van der Waals surface area contributed by atoms with E-state index in [-0.39, 0.29) is 12.5 Å². The van der Waals surface area contributed by atoms with Gasteiger partial charge in [0.05, 0.1) is 6.61 Å². The Balaban J connectivity index is 1.57. The van der Waals surface area contributed by atoms with Crippen molar-refractivity contribution < 1.29 is 14.3 Å². The first-order valence-corrected chi connectivity index (χ1v) is 7.02. The molecule has 1 aromatic carbocycles. The predicted molar refractivity (Wildman–Crippen MR) is 76.8 cm³/mol. The summed E-state index contributed by atoms with van der Waals surface area (Å²) in [6, 6.07) is 9.93. The summed E-state index contributed by atoms with van der Waals surface area (Å²) in [4.78, 5) is 13.8. The molecule has 1 aliphatic rings. The van der Waals surface area contributed by atoms with Gasteiger partial charge >= 0.3 is 0 Å². The van der Waals surface area contributed by atoms with Gasteiger partial charge in [-0.2, -0.15) is 0 Å². The van der Waals surface area contributed by atoms with Gasteiger partial charge in [0.15, 0.2) is 0 Å². The number of benzene rings is 1. The standard InChI is InChI=1S/C15H22N2O3/c1-13-11-17(8-7-16-13)15(18)12-19-9-10-20-14-5-3-2-4-6-14/h2-6,13,16H,7-12H2,1H3. The normalized spacial score (nSPS) is 18.9. The molecule has 5 heteroatoms. The van der Waals surface area contributed by atoms with Crippen LogP contribution >= 0.6 is 0 Å². The first-order chi connectivity index (χ1) is 9.75. The summed E-state index contributed by atoms with van der Waals surface area (Å²) in [6.45, 7) is 5.44. The second-order valence-electron chi connectivity index (χ2n) is 4.91. The predicted octanol–water partition coefficient (Wildman–Crippen LogP) is 0.902. The summed E-state index contributed by atoms with van der Waals surface area (Å²) in [6.07, 6.45) is 0. The minimum atomic E-state index is 0.0538. The molecule has 1 atom stereocenters. The molecule has 0 saturated carbocycles. The van der Waals surface area contributed by atoms with E-state index in [0.29, 0.717) is 19.3 Å². The van der Waals surface area contributed by atoms with Crippen LogP contribution in [-0.2, 0) is 9.53 Å². The van der Waals surface area contributed by atoms with Gasteiger partial charge in [-0.1, -0.05) is 18.2 Å². The van der Waals surface area contributed by atoms with Crippen LogP contribution in [0.2, 0.25) is 0 Å². The molecule has 1 aliphatic heterocycles. The number of nitrogens with one attached hydrogen (secondary N) is 1. The third kappa shape index (κ3) is 4.83. The fourth-order valence-corrected chi connectivity index (χ4v) is 2.14. The Hall–Kier alpha value is -1.59. The maximum atomic E-state index is 11.9. The number of hydrogen-bond donors (Lipinski definition) is 1. The summed E-state index contributed by atoms with van der Waals surface area (Å²) >= 11 is 0. The Morgan fingerprint density at radius 3 is 2.90 bits per heavy atom. The monoisotopic (exact) mass is 278 g/mol. The van der Waals surface area contributed by atoms with Crippen LogP contribution in [0.1, 0.15) is 6.92 Å². The minimum Gasteiger partial charge on any atom is -0.491 e. The first kappa shape index (κ1) is 14.8. The van der Waals surface area contributed by atoms with E-state index in [4.69, 9.17) is 9.47 Å². The van der Waals surface area contributed by atoms with E-state index in [9.17, 15) is 4.79 Å². The van der Waals surface area contributed by atoms with Crippen molar-refractivity contribution >= 4 is 5.91 Å². The van der Waals surface area contributed by atoms with E-state index >= 15 is 0 Å². The molecule has 1 unspecified atom stereocenters. The molecule has 0 bridgehead atoms.